The lowest BCUT2D eigenvalue weighted by molar-refractivity contribution is -0.120. The maximum atomic E-state index is 11.2. The second-order valence-corrected chi connectivity index (χ2v) is 7.86. The fourth-order valence-electron chi connectivity index (χ4n) is 3.90. The van der Waals surface area contributed by atoms with Crippen LogP contribution < -0.4 is 5.32 Å². The topological polar surface area (TPSA) is 89.8 Å². The van der Waals surface area contributed by atoms with Gasteiger partial charge in [-0.1, -0.05) is 54.6 Å². The number of nitrogens with one attached hydrogen (secondary N) is 1. The molecule has 29 heavy (non-hydrogen) atoms. The molecule has 0 aliphatic heterocycles. The van der Waals surface area contributed by atoms with Gasteiger partial charge in [0, 0.05) is 25.8 Å². The molecule has 160 valence electrons. The average molecular weight is 402 g/mol. The Morgan fingerprint density at radius 2 is 1.97 bits per heavy atom. The van der Waals surface area contributed by atoms with Gasteiger partial charge in [-0.25, -0.2) is 0 Å². The van der Waals surface area contributed by atoms with E-state index in [0.717, 1.165) is 19.3 Å². The highest BCUT2D eigenvalue weighted by Gasteiger charge is 2.39. The largest absolute Gasteiger partial charge is 0.393 e. The van der Waals surface area contributed by atoms with Gasteiger partial charge in [0.15, 0.2) is 0 Å². The van der Waals surface area contributed by atoms with Crippen LogP contribution >= 0.6 is 0 Å². The van der Waals surface area contributed by atoms with E-state index in [1.807, 2.05) is 48.6 Å². The average Bonchev–Trinajstić information content (AvgIpc) is 3.00. The molecule has 1 saturated carbocycles. The van der Waals surface area contributed by atoms with E-state index in [4.69, 9.17) is 0 Å². The van der Waals surface area contributed by atoms with Crippen LogP contribution in [0.2, 0.25) is 0 Å². The van der Waals surface area contributed by atoms with E-state index in [2.05, 4.69) is 5.32 Å². The van der Waals surface area contributed by atoms with Gasteiger partial charge in [-0.15, -0.1) is 0 Å². The maximum absolute atomic E-state index is 11.2. The van der Waals surface area contributed by atoms with Crippen molar-refractivity contribution in [2.75, 3.05) is 7.05 Å². The summed E-state index contributed by atoms with van der Waals surface area (Å²) in [5, 5.41) is 33.5. The summed E-state index contributed by atoms with van der Waals surface area (Å²) >= 11 is 0. The molecule has 0 saturated heterocycles. The quantitative estimate of drug-likeness (QED) is 0.339. The van der Waals surface area contributed by atoms with Crippen LogP contribution in [0.1, 0.15) is 44.1 Å². The molecule has 0 radical (unpaired) electrons. The highest BCUT2D eigenvalue weighted by atomic mass is 16.3. The van der Waals surface area contributed by atoms with Crippen LogP contribution in [0, 0.1) is 11.8 Å². The predicted molar refractivity (Wildman–Crippen MR) is 115 cm³/mol. The van der Waals surface area contributed by atoms with Crippen LogP contribution in [0.15, 0.2) is 54.6 Å². The van der Waals surface area contributed by atoms with Crippen molar-refractivity contribution in [3.05, 3.63) is 60.2 Å². The molecule has 0 bridgehead atoms. The van der Waals surface area contributed by atoms with E-state index in [1.165, 1.54) is 5.56 Å². The van der Waals surface area contributed by atoms with Gasteiger partial charge in [0.25, 0.3) is 0 Å². The number of aryl methyl sites for hydroxylation is 1. The van der Waals surface area contributed by atoms with E-state index in [-0.39, 0.29) is 17.7 Å². The Labute approximate surface area is 174 Å². The first-order chi connectivity index (χ1) is 14.0. The van der Waals surface area contributed by atoms with Crippen molar-refractivity contribution in [1.29, 1.82) is 0 Å². The van der Waals surface area contributed by atoms with Crippen molar-refractivity contribution in [3.8, 4) is 0 Å². The van der Waals surface area contributed by atoms with Crippen LogP contribution in [0.25, 0.3) is 0 Å². The van der Waals surface area contributed by atoms with Gasteiger partial charge in [-0.3, -0.25) is 4.79 Å². The summed E-state index contributed by atoms with van der Waals surface area (Å²) in [6.07, 6.45) is 10.6. The third-order valence-electron chi connectivity index (χ3n) is 5.67. The summed E-state index contributed by atoms with van der Waals surface area (Å²) in [7, 11) is 1.64. The Kier molecular flexibility index (Phi) is 10.1. The number of carbonyl (C=O) groups excluding carboxylic acids is 1. The number of hydrogen-bond donors (Lipinski definition) is 4. The van der Waals surface area contributed by atoms with Gasteiger partial charge in [0.2, 0.25) is 5.91 Å². The molecule has 1 amide bonds. The molecular formula is C24H35NO4. The molecule has 1 aromatic carbocycles. The van der Waals surface area contributed by atoms with Crippen molar-refractivity contribution in [2.24, 2.45) is 11.8 Å². The number of unbranched alkanes of at least 4 members (excludes halogenated alkanes) is 1. The van der Waals surface area contributed by atoms with E-state index in [0.29, 0.717) is 25.7 Å². The standard InChI is InChI=1S/C24H35NO4/c1-25-24(29)12-8-3-2-7-11-20-21(23(28)17-22(20)27)16-15-19(26)14-13-18-9-5-4-6-10-18/h2,4-7,9-10,15-16,19-23,26-28H,3,8,11-14,17H2,1H3,(H,25,29)/b7-2-,16-15+/t19-,20+,21?,22-,23+/m0/s1. The fourth-order valence-corrected chi connectivity index (χ4v) is 3.90. The summed E-state index contributed by atoms with van der Waals surface area (Å²) in [5.41, 5.74) is 1.19. The zero-order valence-corrected chi connectivity index (χ0v) is 17.3. The SMILES string of the molecule is CNC(=O)CCC/C=C\C[C@@H]1C(/C=C/[C@@H](O)CCc2ccccc2)[C@H](O)C[C@@H]1O. The minimum atomic E-state index is -0.589. The van der Waals surface area contributed by atoms with Crippen LogP contribution in [0.4, 0.5) is 0 Å². The lowest BCUT2D eigenvalue weighted by atomic mass is 9.89. The lowest BCUT2D eigenvalue weighted by Gasteiger charge is -2.19. The molecule has 1 fully saturated rings. The van der Waals surface area contributed by atoms with E-state index < -0.39 is 18.3 Å². The third kappa shape index (κ3) is 8.13. The van der Waals surface area contributed by atoms with Crippen molar-refractivity contribution in [2.45, 2.75) is 63.3 Å². The minimum Gasteiger partial charge on any atom is -0.393 e. The van der Waals surface area contributed by atoms with Gasteiger partial charge in [0.1, 0.15) is 0 Å². The molecule has 1 unspecified atom stereocenters. The van der Waals surface area contributed by atoms with Crippen LogP contribution in [-0.4, -0.2) is 46.6 Å². The first kappa shape index (κ1) is 23.3. The van der Waals surface area contributed by atoms with E-state index in [9.17, 15) is 20.1 Å². The smallest absolute Gasteiger partial charge is 0.219 e. The van der Waals surface area contributed by atoms with Gasteiger partial charge in [-0.05, 0) is 43.6 Å². The number of amides is 1. The Bertz CT molecular complexity index is 658. The molecule has 1 aliphatic rings. The Morgan fingerprint density at radius 3 is 2.69 bits per heavy atom. The fraction of sp³-hybridized carbons (Fsp3) is 0.542. The number of hydrogen-bond acceptors (Lipinski definition) is 4. The zero-order chi connectivity index (χ0) is 21.1. The molecule has 1 aromatic rings. The minimum absolute atomic E-state index is 0.0451. The molecule has 5 atom stereocenters. The summed E-state index contributed by atoms with van der Waals surface area (Å²) in [6.45, 7) is 0. The molecule has 2 rings (SSSR count). The van der Waals surface area contributed by atoms with Crippen molar-refractivity contribution >= 4 is 5.91 Å². The summed E-state index contributed by atoms with van der Waals surface area (Å²) in [6, 6.07) is 10.0. The first-order valence-corrected chi connectivity index (χ1v) is 10.6. The number of benzene rings is 1. The number of allylic oxidation sites excluding steroid dienone is 2. The van der Waals surface area contributed by atoms with Gasteiger partial charge >= 0.3 is 0 Å². The predicted octanol–water partition coefficient (Wildman–Crippen LogP) is 2.76. The van der Waals surface area contributed by atoms with E-state index in [1.54, 1.807) is 13.1 Å². The molecule has 5 nitrogen and oxygen atoms in total. The second kappa shape index (κ2) is 12.6. The number of carbonyl (C=O) groups is 1. The molecule has 0 heterocycles. The molecule has 0 spiro atoms. The highest BCUT2D eigenvalue weighted by molar-refractivity contribution is 5.75. The normalized spacial score (nSPS) is 25.7. The van der Waals surface area contributed by atoms with Crippen molar-refractivity contribution in [1.82, 2.24) is 5.32 Å². The summed E-state index contributed by atoms with van der Waals surface area (Å²) in [4.78, 5) is 11.2. The maximum Gasteiger partial charge on any atom is 0.219 e. The number of rotatable bonds is 11. The molecule has 4 N–H and O–H groups in total. The van der Waals surface area contributed by atoms with Crippen LogP contribution in [-0.2, 0) is 11.2 Å². The number of aliphatic hydroxyl groups is 3. The Hall–Kier alpha value is -1.95. The summed E-state index contributed by atoms with van der Waals surface area (Å²) in [5.74, 6) is -0.173. The van der Waals surface area contributed by atoms with Gasteiger partial charge < -0.3 is 20.6 Å². The first-order valence-electron chi connectivity index (χ1n) is 10.6. The van der Waals surface area contributed by atoms with Gasteiger partial charge in [0.05, 0.1) is 18.3 Å². The molecule has 0 aromatic heterocycles. The Morgan fingerprint density at radius 1 is 1.21 bits per heavy atom. The van der Waals surface area contributed by atoms with Crippen molar-refractivity contribution < 1.29 is 20.1 Å². The monoisotopic (exact) mass is 401 g/mol. The van der Waals surface area contributed by atoms with Crippen LogP contribution in [0.3, 0.4) is 0 Å². The van der Waals surface area contributed by atoms with E-state index >= 15 is 0 Å². The molecular weight excluding hydrogens is 366 g/mol. The van der Waals surface area contributed by atoms with Crippen LogP contribution in [0.5, 0.6) is 0 Å². The zero-order valence-electron chi connectivity index (χ0n) is 17.3. The lowest BCUT2D eigenvalue weighted by Crippen LogP contribution is -2.20. The van der Waals surface area contributed by atoms with Crippen molar-refractivity contribution in [3.63, 3.8) is 0 Å². The highest BCUT2D eigenvalue weighted by Crippen LogP contribution is 2.36. The Balaban J connectivity index is 1.80. The second-order valence-electron chi connectivity index (χ2n) is 7.86. The third-order valence-corrected chi connectivity index (χ3v) is 5.67. The molecule has 5 heteroatoms. The van der Waals surface area contributed by atoms with Gasteiger partial charge in [-0.2, -0.15) is 0 Å². The molecule has 1 aliphatic carbocycles. The number of aliphatic hydroxyl groups excluding tert-OH is 3. The summed E-state index contributed by atoms with van der Waals surface area (Å²) < 4.78 is 0.